The molecule has 88 valence electrons. The second kappa shape index (κ2) is 4.21. The third-order valence-corrected chi connectivity index (χ3v) is 3.04. The Balaban J connectivity index is 2.04. The zero-order valence-corrected chi connectivity index (χ0v) is 9.11. The molecule has 1 aromatic heterocycles. The summed E-state index contributed by atoms with van der Waals surface area (Å²) in [5.41, 5.74) is 11.0. The molecule has 1 amide bonds. The molecule has 1 aromatic rings. The summed E-state index contributed by atoms with van der Waals surface area (Å²) < 4.78 is 4.95. The molecule has 0 spiro atoms. The molecule has 0 bridgehead atoms. The Hall–Kier alpha value is -1.43. The maximum absolute atomic E-state index is 10.8. The van der Waals surface area contributed by atoms with Crippen molar-refractivity contribution in [3.63, 3.8) is 0 Å². The topological polar surface area (TPSA) is 108 Å². The SMILES string of the molecule is NC(=O)c1noc(CC2(N)CCCCC2)n1. The minimum Gasteiger partial charge on any atom is -0.363 e. The quantitative estimate of drug-likeness (QED) is 0.771. The summed E-state index contributed by atoms with van der Waals surface area (Å²) in [5, 5.41) is 3.50. The molecule has 1 heterocycles. The maximum atomic E-state index is 10.8. The summed E-state index contributed by atoms with van der Waals surface area (Å²) in [6.07, 6.45) is 5.94. The molecule has 16 heavy (non-hydrogen) atoms. The lowest BCUT2D eigenvalue weighted by molar-refractivity contribution is 0.0987. The van der Waals surface area contributed by atoms with Gasteiger partial charge in [-0.15, -0.1) is 0 Å². The van der Waals surface area contributed by atoms with E-state index in [0.717, 1.165) is 25.7 Å². The van der Waals surface area contributed by atoms with Crippen LogP contribution in [0.4, 0.5) is 0 Å². The highest BCUT2D eigenvalue weighted by molar-refractivity contribution is 5.88. The molecule has 0 atom stereocenters. The van der Waals surface area contributed by atoms with Gasteiger partial charge in [-0.2, -0.15) is 4.98 Å². The number of hydrogen-bond donors (Lipinski definition) is 2. The van der Waals surface area contributed by atoms with Gasteiger partial charge in [-0.05, 0) is 12.8 Å². The first-order valence-corrected chi connectivity index (χ1v) is 5.50. The largest absolute Gasteiger partial charge is 0.363 e. The van der Waals surface area contributed by atoms with Crippen molar-refractivity contribution in [2.75, 3.05) is 0 Å². The van der Waals surface area contributed by atoms with Gasteiger partial charge < -0.3 is 16.0 Å². The maximum Gasteiger partial charge on any atom is 0.290 e. The highest BCUT2D eigenvalue weighted by atomic mass is 16.5. The highest BCUT2D eigenvalue weighted by Gasteiger charge is 2.30. The van der Waals surface area contributed by atoms with E-state index in [1.165, 1.54) is 6.42 Å². The van der Waals surface area contributed by atoms with Crippen LogP contribution in [0.1, 0.15) is 48.6 Å². The molecule has 0 saturated heterocycles. The van der Waals surface area contributed by atoms with Gasteiger partial charge in [-0.1, -0.05) is 24.4 Å². The van der Waals surface area contributed by atoms with Gasteiger partial charge in [0.1, 0.15) is 0 Å². The summed E-state index contributed by atoms with van der Waals surface area (Å²) >= 11 is 0. The van der Waals surface area contributed by atoms with Crippen LogP contribution < -0.4 is 11.5 Å². The van der Waals surface area contributed by atoms with Crippen LogP contribution in [0.5, 0.6) is 0 Å². The smallest absolute Gasteiger partial charge is 0.290 e. The predicted molar refractivity (Wildman–Crippen MR) is 56.5 cm³/mol. The van der Waals surface area contributed by atoms with E-state index < -0.39 is 5.91 Å². The van der Waals surface area contributed by atoms with Crippen LogP contribution in [0.25, 0.3) is 0 Å². The van der Waals surface area contributed by atoms with E-state index in [1.54, 1.807) is 0 Å². The minimum atomic E-state index is -0.676. The third kappa shape index (κ3) is 2.38. The monoisotopic (exact) mass is 224 g/mol. The molecule has 0 unspecified atom stereocenters. The fraction of sp³-hybridized carbons (Fsp3) is 0.700. The summed E-state index contributed by atoms with van der Waals surface area (Å²) in [5.74, 6) is -0.350. The molecule has 1 saturated carbocycles. The second-order valence-electron chi connectivity index (χ2n) is 4.48. The van der Waals surface area contributed by atoms with E-state index in [4.69, 9.17) is 16.0 Å². The number of amides is 1. The molecular formula is C10H16N4O2. The Labute approximate surface area is 93.4 Å². The normalized spacial score (nSPS) is 19.6. The first-order valence-electron chi connectivity index (χ1n) is 5.50. The first kappa shape index (κ1) is 11.1. The van der Waals surface area contributed by atoms with Gasteiger partial charge in [0.25, 0.3) is 11.7 Å². The molecule has 4 N–H and O–H groups in total. The second-order valence-corrected chi connectivity index (χ2v) is 4.48. The van der Waals surface area contributed by atoms with Gasteiger partial charge in [-0.3, -0.25) is 4.79 Å². The number of aromatic nitrogens is 2. The van der Waals surface area contributed by atoms with Gasteiger partial charge in [-0.25, -0.2) is 0 Å². The third-order valence-electron chi connectivity index (χ3n) is 3.04. The average Bonchev–Trinajstić information content (AvgIpc) is 2.66. The Bertz CT molecular complexity index is 382. The summed E-state index contributed by atoms with van der Waals surface area (Å²) in [6, 6.07) is 0. The Morgan fingerprint density at radius 3 is 2.62 bits per heavy atom. The van der Waals surface area contributed by atoms with Crippen molar-refractivity contribution >= 4 is 5.91 Å². The average molecular weight is 224 g/mol. The number of primary amides is 1. The predicted octanol–water partition coefficient (Wildman–Crippen LogP) is 0.373. The molecule has 1 fully saturated rings. The minimum absolute atomic E-state index is 0.0746. The summed E-state index contributed by atoms with van der Waals surface area (Å²) in [6.45, 7) is 0. The zero-order valence-electron chi connectivity index (χ0n) is 9.11. The van der Waals surface area contributed by atoms with Crippen LogP contribution in [0, 0.1) is 0 Å². The highest BCUT2D eigenvalue weighted by Crippen LogP contribution is 2.28. The Morgan fingerprint density at radius 2 is 2.06 bits per heavy atom. The van der Waals surface area contributed by atoms with E-state index in [9.17, 15) is 4.79 Å². The number of rotatable bonds is 3. The van der Waals surface area contributed by atoms with Crippen molar-refractivity contribution in [1.29, 1.82) is 0 Å². The lowest BCUT2D eigenvalue weighted by Crippen LogP contribution is -2.43. The van der Waals surface area contributed by atoms with E-state index in [-0.39, 0.29) is 11.4 Å². The van der Waals surface area contributed by atoms with Gasteiger partial charge in [0.2, 0.25) is 5.89 Å². The molecule has 2 rings (SSSR count). The van der Waals surface area contributed by atoms with Gasteiger partial charge in [0, 0.05) is 12.0 Å². The molecule has 1 aliphatic carbocycles. The van der Waals surface area contributed by atoms with Crippen molar-refractivity contribution in [1.82, 2.24) is 10.1 Å². The van der Waals surface area contributed by atoms with Crippen LogP contribution >= 0.6 is 0 Å². The number of nitrogens with zero attached hydrogens (tertiary/aromatic N) is 2. The fourth-order valence-corrected chi connectivity index (χ4v) is 2.16. The summed E-state index contributed by atoms with van der Waals surface area (Å²) in [7, 11) is 0. The lowest BCUT2D eigenvalue weighted by atomic mass is 9.80. The number of carbonyl (C=O) groups excluding carboxylic acids is 1. The first-order chi connectivity index (χ1) is 7.59. The molecule has 0 aliphatic heterocycles. The van der Waals surface area contributed by atoms with E-state index in [2.05, 4.69) is 10.1 Å². The zero-order chi connectivity index (χ0) is 11.6. The van der Waals surface area contributed by atoms with Crippen LogP contribution in [0.15, 0.2) is 4.52 Å². The van der Waals surface area contributed by atoms with Crippen molar-refractivity contribution in [2.24, 2.45) is 11.5 Å². The standard InChI is InChI=1S/C10H16N4O2/c11-8(15)9-13-7(16-14-9)6-10(12)4-2-1-3-5-10/h1-6,12H2,(H2,11,15). The van der Waals surface area contributed by atoms with E-state index >= 15 is 0 Å². The van der Waals surface area contributed by atoms with Gasteiger partial charge in [0.15, 0.2) is 0 Å². The molecule has 0 aromatic carbocycles. The van der Waals surface area contributed by atoms with Crippen LogP contribution in [-0.4, -0.2) is 21.6 Å². The Morgan fingerprint density at radius 1 is 1.38 bits per heavy atom. The molecule has 6 heteroatoms. The van der Waals surface area contributed by atoms with Crippen LogP contribution in [0.3, 0.4) is 0 Å². The van der Waals surface area contributed by atoms with E-state index in [1.807, 2.05) is 0 Å². The van der Waals surface area contributed by atoms with Crippen molar-refractivity contribution in [3.05, 3.63) is 11.7 Å². The summed E-state index contributed by atoms with van der Waals surface area (Å²) in [4.78, 5) is 14.7. The van der Waals surface area contributed by atoms with Crippen molar-refractivity contribution in [3.8, 4) is 0 Å². The number of hydrogen-bond acceptors (Lipinski definition) is 5. The Kier molecular flexibility index (Phi) is 2.91. The van der Waals surface area contributed by atoms with Crippen molar-refractivity contribution < 1.29 is 9.32 Å². The molecular weight excluding hydrogens is 208 g/mol. The lowest BCUT2D eigenvalue weighted by Gasteiger charge is -2.31. The molecule has 6 nitrogen and oxygen atoms in total. The number of carbonyl (C=O) groups is 1. The van der Waals surface area contributed by atoms with Gasteiger partial charge >= 0.3 is 0 Å². The van der Waals surface area contributed by atoms with Crippen molar-refractivity contribution in [2.45, 2.75) is 44.1 Å². The van der Waals surface area contributed by atoms with E-state index in [0.29, 0.717) is 12.3 Å². The van der Waals surface area contributed by atoms with Gasteiger partial charge in [0.05, 0.1) is 0 Å². The van der Waals surface area contributed by atoms with Crippen LogP contribution in [-0.2, 0) is 6.42 Å². The number of nitrogens with two attached hydrogens (primary N) is 2. The van der Waals surface area contributed by atoms with Crippen LogP contribution in [0.2, 0.25) is 0 Å². The molecule has 1 aliphatic rings. The fourth-order valence-electron chi connectivity index (χ4n) is 2.16. The molecule has 0 radical (unpaired) electrons.